The third-order valence-electron chi connectivity index (χ3n) is 2.05. The number of ether oxygens (including phenoxy) is 1. The summed E-state index contributed by atoms with van der Waals surface area (Å²) in [4.78, 5) is 11.2. The van der Waals surface area contributed by atoms with Crippen molar-refractivity contribution in [3.63, 3.8) is 0 Å². The Balaban J connectivity index is 0. The number of rotatable bonds is 10. The molecule has 16 heavy (non-hydrogen) atoms. The molecule has 0 aliphatic rings. The van der Waals surface area contributed by atoms with E-state index >= 15 is 0 Å². The SMILES string of the molecule is CCCCCOCC(=O)NCCCNC.Cl. The van der Waals surface area contributed by atoms with E-state index in [2.05, 4.69) is 17.6 Å². The fourth-order valence-electron chi connectivity index (χ4n) is 1.16. The van der Waals surface area contributed by atoms with E-state index in [1.807, 2.05) is 7.05 Å². The largest absolute Gasteiger partial charge is 0.372 e. The van der Waals surface area contributed by atoms with E-state index in [4.69, 9.17) is 4.74 Å². The molecule has 0 saturated heterocycles. The molecule has 0 aromatic rings. The van der Waals surface area contributed by atoms with Gasteiger partial charge in [0.05, 0.1) is 0 Å². The maximum Gasteiger partial charge on any atom is 0.245 e. The second-order valence-electron chi connectivity index (χ2n) is 3.57. The highest BCUT2D eigenvalue weighted by molar-refractivity contribution is 5.85. The van der Waals surface area contributed by atoms with Crippen LogP contribution in [0.5, 0.6) is 0 Å². The Morgan fingerprint density at radius 2 is 1.94 bits per heavy atom. The summed E-state index contributed by atoms with van der Waals surface area (Å²) in [5.41, 5.74) is 0. The molecular formula is C11H25ClN2O2. The van der Waals surface area contributed by atoms with Gasteiger partial charge >= 0.3 is 0 Å². The van der Waals surface area contributed by atoms with E-state index in [0.717, 1.165) is 25.9 Å². The molecule has 0 unspecified atom stereocenters. The molecule has 0 radical (unpaired) electrons. The summed E-state index contributed by atoms with van der Waals surface area (Å²) in [5, 5.41) is 5.83. The van der Waals surface area contributed by atoms with Crippen LogP contribution in [-0.4, -0.2) is 39.3 Å². The van der Waals surface area contributed by atoms with Crippen molar-refractivity contribution in [1.82, 2.24) is 10.6 Å². The third-order valence-corrected chi connectivity index (χ3v) is 2.05. The molecule has 0 spiro atoms. The van der Waals surface area contributed by atoms with Gasteiger partial charge in [0, 0.05) is 13.2 Å². The van der Waals surface area contributed by atoms with Crippen LogP contribution in [0.15, 0.2) is 0 Å². The number of halogens is 1. The molecule has 0 bridgehead atoms. The maximum atomic E-state index is 11.2. The quantitative estimate of drug-likeness (QED) is 0.577. The highest BCUT2D eigenvalue weighted by Crippen LogP contribution is 1.93. The summed E-state index contributed by atoms with van der Waals surface area (Å²) >= 11 is 0. The number of hydrogen-bond acceptors (Lipinski definition) is 3. The van der Waals surface area contributed by atoms with Gasteiger partial charge in [-0.3, -0.25) is 4.79 Å². The summed E-state index contributed by atoms with van der Waals surface area (Å²) < 4.78 is 5.23. The average molecular weight is 253 g/mol. The minimum absolute atomic E-state index is 0. The molecule has 98 valence electrons. The molecule has 4 nitrogen and oxygen atoms in total. The standard InChI is InChI=1S/C11H24N2O2.ClH/c1-3-4-5-9-15-10-11(14)13-8-6-7-12-2;/h12H,3-10H2,1-2H3,(H,13,14);1H. The lowest BCUT2D eigenvalue weighted by Gasteiger charge is -2.05. The van der Waals surface area contributed by atoms with E-state index in [9.17, 15) is 4.79 Å². The minimum atomic E-state index is -0.0115. The molecule has 0 saturated carbocycles. The van der Waals surface area contributed by atoms with Gasteiger partial charge in [-0.25, -0.2) is 0 Å². The van der Waals surface area contributed by atoms with Crippen LogP contribution in [0.3, 0.4) is 0 Å². The lowest BCUT2D eigenvalue weighted by molar-refractivity contribution is -0.125. The first-order valence-corrected chi connectivity index (χ1v) is 5.80. The van der Waals surface area contributed by atoms with Gasteiger partial charge < -0.3 is 15.4 Å². The Morgan fingerprint density at radius 1 is 1.19 bits per heavy atom. The summed E-state index contributed by atoms with van der Waals surface area (Å²) in [6, 6.07) is 0. The molecule has 0 rings (SSSR count). The zero-order valence-electron chi connectivity index (χ0n) is 10.4. The Hall–Kier alpha value is -0.320. The molecule has 0 heterocycles. The molecular weight excluding hydrogens is 228 g/mol. The van der Waals surface area contributed by atoms with Gasteiger partial charge in [0.1, 0.15) is 6.61 Å². The normalized spacial score (nSPS) is 9.62. The topological polar surface area (TPSA) is 50.4 Å². The number of unbranched alkanes of at least 4 members (excludes halogenated alkanes) is 2. The summed E-state index contributed by atoms with van der Waals surface area (Å²) in [7, 11) is 1.90. The van der Waals surface area contributed by atoms with Crippen LogP contribution >= 0.6 is 12.4 Å². The van der Waals surface area contributed by atoms with Crippen molar-refractivity contribution in [2.75, 3.05) is 33.4 Å². The highest BCUT2D eigenvalue weighted by Gasteiger charge is 1.99. The van der Waals surface area contributed by atoms with Crippen molar-refractivity contribution in [1.29, 1.82) is 0 Å². The second-order valence-corrected chi connectivity index (χ2v) is 3.57. The monoisotopic (exact) mass is 252 g/mol. The molecule has 0 aliphatic carbocycles. The number of nitrogens with one attached hydrogen (secondary N) is 2. The maximum absolute atomic E-state index is 11.2. The molecule has 0 aliphatic heterocycles. The Morgan fingerprint density at radius 3 is 2.56 bits per heavy atom. The summed E-state index contributed by atoms with van der Waals surface area (Å²) in [6.07, 6.45) is 4.35. The first-order chi connectivity index (χ1) is 7.31. The van der Waals surface area contributed by atoms with E-state index in [1.54, 1.807) is 0 Å². The van der Waals surface area contributed by atoms with E-state index in [1.165, 1.54) is 12.8 Å². The Labute approximate surface area is 105 Å². The smallest absolute Gasteiger partial charge is 0.245 e. The van der Waals surface area contributed by atoms with Gasteiger partial charge in [-0.05, 0) is 26.4 Å². The zero-order chi connectivity index (χ0) is 11.4. The van der Waals surface area contributed by atoms with Gasteiger partial charge in [0.2, 0.25) is 5.91 Å². The van der Waals surface area contributed by atoms with Gasteiger partial charge in [0.15, 0.2) is 0 Å². The van der Waals surface area contributed by atoms with Crippen LogP contribution in [0.1, 0.15) is 32.6 Å². The van der Waals surface area contributed by atoms with E-state index in [-0.39, 0.29) is 24.9 Å². The predicted molar refractivity (Wildman–Crippen MR) is 69.1 cm³/mol. The van der Waals surface area contributed by atoms with Crippen LogP contribution in [0, 0.1) is 0 Å². The number of hydrogen-bond donors (Lipinski definition) is 2. The van der Waals surface area contributed by atoms with Gasteiger partial charge in [0.25, 0.3) is 0 Å². The van der Waals surface area contributed by atoms with Crippen molar-refractivity contribution in [2.45, 2.75) is 32.6 Å². The zero-order valence-corrected chi connectivity index (χ0v) is 11.2. The van der Waals surface area contributed by atoms with Crippen LogP contribution in [-0.2, 0) is 9.53 Å². The molecule has 0 aromatic carbocycles. The lowest BCUT2D eigenvalue weighted by Crippen LogP contribution is -2.30. The van der Waals surface area contributed by atoms with Crippen LogP contribution in [0.4, 0.5) is 0 Å². The summed E-state index contributed by atoms with van der Waals surface area (Å²) in [6.45, 7) is 4.69. The Kier molecular flexibility index (Phi) is 16.6. The van der Waals surface area contributed by atoms with Crippen LogP contribution < -0.4 is 10.6 Å². The molecule has 2 N–H and O–H groups in total. The van der Waals surface area contributed by atoms with Crippen molar-refractivity contribution < 1.29 is 9.53 Å². The molecule has 0 aromatic heterocycles. The predicted octanol–water partition coefficient (Wildman–Crippen LogP) is 1.34. The number of amides is 1. The van der Waals surface area contributed by atoms with Crippen LogP contribution in [0.25, 0.3) is 0 Å². The van der Waals surface area contributed by atoms with Crippen molar-refractivity contribution in [3.8, 4) is 0 Å². The first kappa shape index (κ1) is 18.1. The average Bonchev–Trinajstić information content (AvgIpc) is 2.24. The number of carbonyl (C=O) groups is 1. The second kappa shape index (κ2) is 14.7. The molecule has 1 amide bonds. The lowest BCUT2D eigenvalue weighted by atomic mass is 10.3. The Bertz CT molecular complexity index is 157. The highest BCUT2D eigenvalue weighted by atomic mass is 35.5. The van der Waals surface area contributed by atoms with Crippen LogP contribution in [0.2, 0.25) is 0 Å². The van der Waals surface area contributed by atoms with Crippen molar-refractivity contribution in [3.05, 3.63) is 0 Å². The molecule has 0 fully saturated rings. The fraction of sp³-hybridized carbons (Fsp3) is 0.909. The van der Waals surface area contributed by atoms with Crippen molar-refractivity contribution >= 4 is 18.3 Å². The third kappa shape index (κ3) is 13.7. The van der Waals surface area contributed by atoms with Gasteiger partial charge in [-0.15, -0.1) is 12.4 Å². The van der Waals surface area contributed by atoms with Crippen molar-refractivity contribution in [2.24, 2.45) is 0 Å². The first-order valence-electron chi connectivity index (χ1n) is 5.80. The summed E-state index contributed by atoms with van der Waals surface area (Å²) in [5.74, 6) is -0.0115. The molecule has 5 heteroatoms. The van der Waals surface area contributed by atoms with E-state index in [0.29, 0.717) is 6.61 Å². The number of carbonyl (C=O) groups excluding carboxylic acids is 1. The molecule has 0 atom stereocenters. The van der Waals surface area contributed by atoms with Gasteiger partial charge in [-0.1, -0.05) is 19.8 Å². The van der Waals surface area contributed by atoms with Gasteiger partial charge in [-0.2, -0.15) is 0 Å². The van der Waals surface area contributed by atoms with E-state index < -0.39 is 0 Å². The minimum Gasteiger partial charge on any atom is -0.372 e. The fourth-order valence-corrected chi connectivity index (χ4v) is 1.16.